The first-order valence-electron chi connectivity index (χ1n) is 11.5. The van der Waals surface area contributed by atoms with Gasteiger partial charge in [0.05, 0.1) is 17.7 Å². The second kappa shape index (κ2) is 11.7. The molecule has 0 amide bonds. The number of aromatic nitrogens is 1. The van der Waals surface area contributed by atoms with Crippen LogP contribution < -0.4 is 0 Å². The number of aryl methyl sites for hydroxylation is 6. The summed E-state index contributed by atoms with van der Waals surface area (Å²) in [6.07, 6.45) is -0.356. The molecule has 0 aliphatic heterocycles. The van der Waals surface area contributed by atoms with Crippen molar-refractivity contribution < 1.29 is 30.3 Å². The number of benzene rings is 2. The van der Waals surface area contributed by atoms with Crippen molar-refractivity contribution in [1.29, 1.82) is 0 Å². The topological polar surface area (TPSA) is 53.4 Å². The average molecular weight is 627 g/mol. The Bertz CT molecular complexity index is 1100. The van der Waals surface area contributed by atoms with Crippen molar-refractivity contribution in [3.8, 4) is 11.3 Å². The molecular weight excluding hydrogens is 587 g/mol. The van der Waals surface area contributed by atoms with E-state index >= 15 is 0 Å². The zero-order valence-corrected chi connectivity index (χ0v) is 24.2. The standard InChI is InChI=1S/C21H22N.C8H18O2.Ir/c1-12-7-15(4)18-11-17(6)21(22-20(18)8-12)19-10-14(3)13(2)9-16(19)5;1-6(9)5-7(10)8(2,3)4;/h7-9,11H,1-6H3;6-7,9-10H,5H2,1-4H3;/q-1;;. The summed E-state index contributed by atoms with van der Waals surface area (Å²) >= 11 is 0. The number of fused-ring (bicyclic) bond motifs is 1. The summed E-state index contributed by atoms with van der Waals surface area (Å²) in [5.41, 5.74) is 10.6. The van der Waals surface area contributed by atoms with Gasteiger partial charge in [-0.1, -0.05) is 59.2 Å². The molecule has 0 fully saturated rings. The van der Waals surface area contributed by atoms with Crippen molar-refractivity contribution in [2.24, 2.45) is 5.41 Å². The number of hydrogen-bond donors (Lipinski definition) is 2. The number of aliphatic hydroxyl groups is 2. The molecule has 0 saturated heterocycles. The van der Waals surface area contributed by atoms with Gasteiger partial charge in [0.25, 0.3) is 0 Å². The second-order valence-corrected chi connectivity index (χ2v) is 10.4. The number of pyridine rings is 1. The Morgan fingerprint density at radius 1 is 0.848 bits per heavy atom. The SMILES string of the molecule is CC(O)CC(O)C(C)(C)C.Cc1cc(C)c2cc(C)c(-c3[c-]c(C)c(C)cc3C)nc2c1.[Ir]. The Labute approximate surface area is 214 Å². The zero-order valence-electron chi connectivity index (χ0n) is 21.8. The van der Waals surface area contributed by atoms with Crippen LogP contribution >= 0.6 is 0 Å². The van der Waals surface area contributed by atoms with E-state index in [-0.39, 0.29) is 25.5 Å². The summed E-state index contributed by atoms with van der Waals surface area (Å²) in [7, 11) is 0. The van der Waals surface area contributed by atoms with Crippen LogP contribution in [0.25, 0.3) is 22.2 Å². The third-order valence-electron chi connectivity index (χ3n) is 6.01. The molecule has 0 spiro atoms. The monoisotopic (exact) mass is 627 g/mol. The Balaban J connectivity index is 0.000000425. The first-order valence-corrected chi connectivity index (χ1v) is 11.5. The van der Waals surface area contributed by atoms with Crippen LogP contribution in [-0.4, -0.2) is 27.4 Å². The summed E-state index contributed by atoms with van der Waals surface area (Å²) in [6.45, 7) is 20.4. The van der Waals surface area contributed by atoms with Gasteiger partial charge in [-0.25, -0.2) is 0 Å². The summed E-state index contributed by atoms with van der Waals surface area (Å²) < 4.78 is 0. The van der Waals surface area contributed by atoms with Gasteiger partial charge >= 0.3 is 0 Å². The smallest absolute Gasteiger partial charge is 0.0613 e. The molecule has 0 bridgehead atoms. The van der Waals surface area contributed by atoms with Crippen LogP contribution in [-0.2, 0) is 20.1 Å². The molecule has 2 atom stereocenters. The molecule has 3 nitrogen and oxygen atoms in total. The van der Waals surface area contributed by atoms with Gasteiger partial charge in [-0.2, -0.15) is 0 Å². The predicted octanol–water partition coefficient (Wildman–Crippen LogP) is 6.71. The third-order valence-corrected chi connectivity index (χ3v) is 6.01. The molecule has 0 saturated carbocycles. The van der Waals surface area contributed by atoms with Gasteiger partial charge in [-0.15, -0.1) is 34.4 Å². The van der Waals surface area contributed by atoms with E-state index in [0.29, 0.717) is 6.42 Å². The normalized spacial score (nSPS) is 13.1. The van der Waals surface area contributed by atoms with E-state index in [1.165, 1.54) is 38.8 Å². The first kappa shape index (κ1) is 29.5. The maximum absolute atomic E-state index is 9.40. The van der Waals surface area contributed by atoms with Crippen molar-refractivity contribution in [1.82, 2.24) is 4.98 Å². The molecule has 2 N–H and O–H groups in total. The van der Waals surface area contributed by atoms with Crippen molar-refractivity contribution >= 4 is 10.9 Å². The summed E-state index contributed by atoms with van der Waals surface area (Å²) in [6, 6.07) is 12.4. The van der Waals surface area contributed by atoms with Crippen LogP contribution in [0.3, 0.4) is 0 Å². The minimum Gasteiger partial charge on any atom is -0.393 e. The summed E-state index contributed by atoms with van der Waals surface area (Å²) in [5.74, 6) is 0. The molecule has 3 aromatic rings. The van der Waals surface area contributed by atoms with Crippen molar-refractivity contribution in [3.63, 3.8) is 0 Å². The van der Waals surface area contributed by atoms with Crippen LogP contribution in [0.4, 0.5) is 0 Å². The molecule has 1 heterocycles. The number of hydrogen-bond acceptors (Lipinski definition) is 3. The van der Waals surface area contributed by atoms with Gasteiger partial charge in [0.2, 0.25) is 0 Å². The molecule has 1 radical (unpaired) electrons. The van der Waals surface area contributed by atoms with Gasteiger partial charge in [0.1, 0.15) is 0 Å². The average Bonchev–Trinajstić information content (AvgIpc) is 2.64. The molecule has 4 heteroatoms. The van der Waals surface area contributed by atoms with E-state index in [0.717, 1.165) is 16.8 Å². The Morgan fingerprint density at radius 3 is 1.97 bits per heavy atom. The van der Waals surface area contributed by atoms with Crippen LogP contribution in [0.5, 0.6) is 0 Å². The summed E-state index contributed by atoms with van der Waals surface area (Å²) in [4.78, 5) is 4.97. The van der Waals surface area contributed by atoms with Gasteiger partial charge in [0, 0.05) is 25.5 Å². The van der Waals surface area contributed by atoms with Crippen molar-refractivity contribution in [3.05, 3.63) is 63.7 Å². The fourth-order valence-electron chi connectivity index (χ4n) is 3.80. The van der Waals surface area contributed by atoms with Gasteiger partial charge in [-0.3, -0.25) is 4.98 Å². The fourth-order valence-corrected chi connectivity index (χ4v) is 3.80. The van der Waals surface area contributed by atoms with E-state index < -0.39 is 12.2 Å². The second-order valence-electron chi connectivity index (χ2n) is 10.4. The van der Waals surface area contributed by atoms with Gasteiger partial charge in [-0.05, 0) is 62.4 Å². The Kier molecular flexibility index (Phi) is 10.4. The van der Waals surface area contributed by atoms with E-state index in [9.17, 15) is 5.11 Å². The summed E-state index contributed by atoms with van der Waals surface area (Å²) in [5, 5.41) is 19.6. The minimum absolute atomic E-state index is 0. The maximum atomic E-state index is 9.40. The third kappa shape index (κ3) is 7.72. The quantitative estimate of drug-likeness (QED) is 0.318. The number of nitrogens with zero attached hydrogens (tertiary/aromatic N) is 1. The minimum atomic E-state index is -0.410. The molecular formula is C29H40IrNO2-. The zero-order chi connectivity index (χ0) is 24.4. The van der Waals surface area contributed by atoms with Crippen LogP contribution in [0.1, 0.15) is 67.5 Å². The Hall–Kier alpha value is -1.58. The molecule has 2 unspecified atom stereocenters. The van der Waals surface area contributed by atoms with E-state index in [4.69, 9.17) is 10.1 Å². The largest absolute Gasteiger partial charge is 0.393 e. The van der Waals surface area contributed by atoms with E-state index in [1.54, 1.807) is 6.92 Å². The van der Waals surface area contributed by atoms with Crippen LogP contribution in [0.2, 0.25) is 0 Å². The van der Waals surface area contributed by atoms with Crippen LogP contribution in [0.15, 0.2) is 24.3 Å². The molecule has 0 aliphatic carbocycles. The van der Waals surface area contributed by atoms with Gasteiger partial charge < -0.3 is 10.2 Å². The molecule has 0 aliphatic rings. The predicted molar refractivity (Wildman–Crippen MR) is 136 cm³/mol. The van der Waals surface area contributed by atoms with E-state index in [2.05, 4.69) is 71.9 Å². The van der Waals surface area contributed by atoms with Crippen molar-refractivity contribution in [2.45, 2.75) is 87.9 Å². The molecule has 1 aromatic heterocycles. The van der Waals surface area contributed by atoms with E-state index in [1.807, 2.05) is 20.8 Å². The number of aliphatic hydroxyl groups excluding tert-OH is 2. The molecule has 183 valence electrons. The fraction of sp³-hybridized carbons (Fsp3) is 0.483. The molecule has 2 aromatic carbocycles. The Morgan fingerprint density at radius 2 is 1.45 bits per heavy atom. The molecule has 3 rings (SSSR count). The maximum Gasteiger partial charge on any atom is 0.0613 e. The van der Waals surface area contributed by atoms with Crippen molar-refractivity contribution in [2.75, 3.05) is 0 Å². The number of rotatable bonds is 3. The van der Waals surface area contributed by atoms with Crippen LogP contribution in [0, 0.1) is 53.0 Å². The molecule has 33 heavy (non-hydrogen) atoms. The first-order chi connectivity index (χ1) is 14.7. The van der Waals surface area contributed by atoms with Gasteiger partial charge in [0.15, 0.2) is 0 Å².